The molecule has 1 heterocycles. The van der Waals surface area contributed by atoms with Crippen molar-refractivity contribution < 1.29 is 27.2 Å². The van der Waals surface area contributed by atoms with Crippen molar-refractivity contribution in [3.63, 3.8) is 0 Å². The fourth-order valence-corrected chi connectivity index (χ4v) is 11.0. The molecule has 2 fully saturated rings. The van der Waals surface area contributed by atoms with E-state index >= 15 is 0 Å². The molecule has 0 unspecified atom stereocenters. The van der Waals surface area contributed by atoms with E-state index in [4.69, 9.17) is 23.1 Å². The maximum absolute atomic E-state index is 13.7. The molecule has 1 aromatic heterocycles. The van der Waals surface area contributed by atoms with Crippen LogP contribution in [0.25, 0.3) is 0 Å². The molecular weight excluding hydrogens is 502 g/mol. The fourth-order valence-electron chi connectivity index (χ4n) is 5.72. The van der Waals surface area contributed by atoms with Crippen LogP contribution in [0.4, 0.5) is 0 Å². The quantitative estimate of drug-likeness (QED) is 0.247. The Morgan fingerprint density at radius 2 is 1.58 bits per heavy atom. The summed E-state index contributed by atoms with van der Waals surface area (Å²) in [4.78, 5) is 4.97. The van der Waals surface area contributed by atoms with Gasteiger partial charge >= 0.3 is 15.2 Å². The Kier molecular flexibility index (Phi) is 9.79. The second-order valence-electron chi connectivity index (χ2n) is 10.2. The minimum Gasteiger partial charge on any atom is -0.308 e. The van der Waals surface area contributed by atoms with Crippen molar-refractivity contribution in [2.45, 2.75) is 86.1 Å². The van der Waals surface area contributed by atoms with E-state index in [1.807, 2.05) is 0 Å². The second kappa shape index (κ2) is 11.9. The van der Waals surface area contributed by atoms with Gasteiger partial charge in [-0.15, -0.1) is 5.10 Å². The lowest BCUT2D eigenvalue weighted by Crippen LogP contribution is -2.32. The summed E-state index contributed by atoms with van der Waals surface area (Å²) in [5, 5.41) is 7.33. The zero-order chi connectivity index (χ0) is 26.6. The standard InChI is InChI=1S/C24H44N4O6P2/c1-8-31-35(29,32-9-2)22(36(30,33-10-3)34-11-4)17-20-18-28(27-26-20)15-14-25-21-16-19-12-13-24(21,7)23(19,5)6/h18-19,22H,8-17H2,1-7H3/t19-,24+/m1/s1. The molecule has 36 heavy (non-hydrogen) atoms. The lowest BCUT2D eigenvalue weighted by Gasteiger charge is -2.34. The minimum absolute atomic E-state index is 0.0248. The minimum atomic E-state index is -3.84. The van der Waals surface area contributed by atoms with E-state index in [9.17, 15) is 9.13 Å². The van der Waals surface area contributed by atoms with E-state index in [1.165, 1.54) is 18.6 Å². The van der Waals surface area contributed by atoms with Gasteiger partial charge in [0.25, 0.3) is 0 Å². The van der Waals surface area contributed by atoms with Crippen molar-refractivity contribution >= 4 is 20.9 Å². The Hall–Kier alpha value is -0.890. The smallest absolute Gasteiger partial charge is 0.308 e. The number of aromatic nitrogens is 3. The summed E-state index contributed by atoms with van der Waals surface area (Å²) in [7, 11) is -7.68. The Labute approximate surface area is 216 Å². The largest absolute Gasteiger partial charge is 0.346 e. The Bertz CT molecular complexity index is 962. The molecule has 0 aromatic carbocycles. The van der Waals surface area contributed by atoms with Crippen LogP contribution in [0.2, 0.25) is 0 Å². The van der Waals surface area contributed by atoms with E-state index in [1.54, 1.807) is 38.6 Å². The fraction of sp³-hybridized carbons (Fsp3) is 0.875. The van der Waals surface area contributed by atoms with E-state index in [2.05, 4.69) is 31.1 Å². The number of rotatable bonds is 15. The average Bonchev–Trinajstić information content (AvgIpc) is 3.40. The predicted molar refractivity (Wildman–Crippen MR) is 141 cm³/mol. The van der Waals surface area contributed by atoms with Crippen LogP contribution >= 0.6 is 15.2 Å². The highest BCUT2D eigenvalue weighted by Gasteiger charge is 2.59. The van der Waals surface area contributed by atoms with Crippen LogP contribution in [0, 0.1) is 16.7 Å². The molecule has 3 rings (SSSR count). The molecule has 0 N–H and O–H groups in total. The highest BCUT2D eigenvalue weighted by Crippen LogP contribution is 2.71. The van der Waals surface area contributed by atoms with Crippen molar-refractivity contribution in [3.05, 3.63) is 11.9 Å². The van der Waals surface area contributed by atoms with Crippen LogP contribution in [-0.4, -0.2) is 59.1 Å². The highest BCUT2D eigenvalue weighted by atomic mass is 31.2. The molecule has 0 amide bonds. The van der Waals surface area contributed by atoms with Crippen LogP contribution in [0.1, 0.15) is 73.4 Å². The predicted octanol–water partition coefficient (Wildman–Crippen LogP) is 5.97. The van der Waals surface area contributed by atoms with Gasteiger partial charge in [-0.05, 0) is 58.3 Å². The number of hydrogen-bond acceptors (Lipinski definition) is 9. The van der Waals surface area contributed by atoms with Gasteiger partial charge in [0.1, 0.15) is 0 Å². The summed E-state index contributed by atoms with van der Waals surface area (Å²) in [6.07, 6.45) is 5.37. The monoisotopic (exact) mass is 546 g/mol. The molecule has 10 nitrogen and oxygen atoms in total. The molecule has 0 spiro atoms. The molecule has 2 bridgehead atoms. The first-order chi connectivity index (χ1) is 17.0. The second-order valence-corrected chi connectivity index (χ2v) is 15.1. The normalized spacial score (nSPS) is 24.9. The van der Waals surface area contributed by atoms with Gasteiger partial charge in [-0.1, -0.05) is 26.0 Å². The molecule has 206 valence electrons. The van der Waals surface area contributed by atoms with Crippen LogP contribution in [0.15, 0.2) is 11.2 Å². The van der Waals surface area contributed by atoms with Gasteiger partial charge < -0.3 is 18.1 Å². The molecule has 2 aliphatic rings. The Morgan fingerprint density at radius 1 is 1.03 bits per heavy atom. The van der Waals surface area contributed by atoms with Crippen molar-refractivity contribution in [2.24, 2.45) is 21.7 Å². The number of fused-ring (bicyclic) bond motifs is 2. The molecule has 2 saturated carbocycles. The van der Waals surface area contributed by atoms with Crippen LogP contribution in [0.5, 0.6) is 0 Å². The first kappa shape index (κ1) is 29.7. The van der Waals surface area contributed by atoms with Crippen molar-refractivity contribution in [2.75, 3.05) is 33.0 Å². The summed E-state index contributed by atoms with van der Waals surface area (Å²) in [5.41, 5.74) is 2.32. The number of hydrogen-bond donors (Lipinski definition) is 0. The molecule has 0 radical (unpaired) electrons. The third-order valence-corrected chi connectivity index (χ3v) is 14.1. The third kappa shape index (κ3) is 5.74. The molecule has 1 aromatic rings. The van der Waals surface area contributed by atoms with Gasteiger partial charge in [-0.25, -0.2) is 0 Å². The summed E-state index contributed by atoms with van der Waals surface area (Å²) in [5.74, 6) is 0.717. The first-order valence-electron chi connectivity index (χ1n) is 13.2. The van der Waals surface area contributed by atoms with Gasteiger partial charge in [0.15, 0.2) is 5.40 Å². The van der Waals surface area contributed by atoms with Crippen molar-refractivity contribution in [1.82, 2.24) is 15.0 Å². The number of aliphatic imine (C=N–C) groups is 1. The third-order valence-electron chi connectivity index (χ3n) is 8.09. The van der Waals surface area contributed by atoms with Crippen LogP contribution in [-0.2, 0) is 40.2 Å². The molecular formula is C24H44N4O6P2. The highest BCUT2D eigenvalue weighted by molar-refractivity contribution is 7.72. The van der Waals surface area contributed by atoms with E-state index < -0.39 is 20.6 Å². The van der Waals surface area contributed by atoms with Gasteiger partial charge in [0.05, 0.1) is 45.2 Å². The lowest BCUT2D eigenvalue weighted by atomic mass is 9.70. The zero-order valence-corrected chi connectivity index (χ0v) is 24.7. The van der Waals surface area contributed by atoms with E-state index in [-0.39, 0.29) is 38.3 Å². The Morgan fingerprint density at radius 3 is 2.03 bits per heavy atom. The lowest BCUT2D eigenvalue weighted by molar-refractivity contribution is 0.193. The average molecular weight is 547 g/mol. The summed E-state index contributed by atoms with van der Waals surface area (Å²) >= 11 is 0. The van der Waals surface area contributed by atoms with Gasteiger partial charge in [0, 0.05) is 23.7 Å². The van der Waals surface area contributed by atoms with Crippen LogP contribution < -0.4 is 0 Å². The van der Waals surface area contributed by atoms with Crippen molar-refractivity contribution in [1.29, 1.82) is 0 Å². The maximum atomic E-state index is 13.7. The molecule has 12 heteroatoms. The molecule has 2 aliphatic carbocycles. The molecule has 0 aliphatic heterocycles. The molecule has 0 saturated heterocycles. The topological polar surface area (TPSA) is 114 Å². The first-order valence-corrected chi connectivity index (χ1v) is 16.4. The summed E-state index contributed by atoms with van der Waals surface area (Å²) < 4.78 is 51.4. The van der Waals surface area contributed by atoms with Gasteiger partial charge in [-0.2, -0.15) is 0 Å². The summed E-state index contributed by atoms with van der Waals surface area (Å²) in [6, 6.07) is 0. The van der Waals surface area contributed by atoms with E-state index in [0.717, 1.165) is 6.42 Å². The molecule has 2 atom stereocenters. The van der Waals surface area contributed by atoms with E-state index in [0.29, 0.717) is 30.1 Å². The zero-order valence-electron chi connectivity index (χ0n) is 22.9. The van der Waals surface area contributed by atoms with Gasteiger partial charge in [-0.3, -0.25) is 18.8 Å². The van der Waals surface area contributed by atoms with Crippen molar-refractivity contribution in [3.8, 4) is 0 Å². The van der Waals surface area contributed by atoms with Crippen LogP contribution in [0.3, 0.4) is 0 Å². The maximum Gasteiger partial charge on any atom is 0.346 e. The van der Waals surface area contributed by atoms with Gasteiger partial charge in [0.2, 0.25) is 0 Å². The number of nitrogens with zero attached hydrogens (tertiary/aromatic N) is 4. The summed E-state index contributed by atoms with van der Waals surface area (Å²) in [6.45, 7) is 15.7. The SMILES string of the molecule is CCOP(=O)(OCC)C(Cc1cn(CCN=C2C[C@H]3CC[C@]2(C)C3(C)C)nn1)P(=O)(OCC)OCC. The Balaban J connectivity index is 1.76.